The van der Waals surface area contributed by atoms with Crippen LogP contribution in [0.25, 0.3) is 71.7 Å². The summed E-state index contributed by atoms with van der Waals surface area (Å²) in [6.07, 6.45) is 3.27. The van der Waals surface area contributed by atoms with Gasteiger partial charge in [-0.05, 0) is 86.3 Å². The van der Waals surface area contributed by atoms with E-state index in [1.54, 1.807) is 27.1 Å². The van der Waals surface area contributed by atoms with E-state index in [0.717, 1.165) is 40.1 Å². The zero-order valence-electron chi connectivity index (χ0n) is 37.2. The number of fused-ring (bicyclic) bond motifs is 2. The Morgan fingerprint density at radius 1 is 0.710 bits per heavy atom. The predicted octanol–water partition coefficient (Wildman–Crippen LogP) is 15.6. The van der Waals surface area contributed by atoms with Crippen LogP contribution >= 0.6 is 22.7 Å². The maximum absolute atomic E-state index is 5.30. The van der Waals surface area contributed by atoms with Crippen LogP contribution in [0.4, 0.5) is 0 Å². The van der Waals surface area contributed by atoms with E-state index in [-0.39, 0.29) is 20.1 Å². The molecule has 0 saturated heterocycles. The zero-order valence-corrected chi connectivity index (χ0v) is 43.3. The fourth-order valence-electron chi connectivity index (χ4n) is 8.27. The third-order valence-electron chi connectivity index (χ3n) is 11.3. The number of pyridine rings is 1. The molecule has 0 aliphatic heterocycles. The molecule has 9 rings (SSSR count). The first-order chi connectivity index (χ1) is 29.4. The van der Waals surface area contributed by atoms with E-state index in [1.807, 2.05) is 18.2 Å². The maximum Gasteiger partial charge on any atom is 0.0774 e. The normalized spacial score (nSPS) is 11.7. The van der Waals surface area contributed by atoms with E-state index in [0.29, 0.717) is 17.8 Å². The van der Waals surface area contributed by atoms with Gasteiger partial charge >= 0.3 is 126 Å². The molecule has 7 heteroatoms. The fraction of sp³-hybridized carbons (Fsp3) is 0.236. The Balaban J connectivity index is 0.000000233. The van der Waals surface area contributed by atoms with Crippen LogP contribution in [0.1, 0.15) is 70.1 Å². The van der Waals surface area contributed by atoms with Crippen molar-refractivity contribution in [2.24, 2.45) is 5.92 Å². The smallest absolute Gasteiger partial charge is 0.0774 e. The average molecular weight is 1090 g/mol. The molecule has 0 atom stereocenters. The number of thiophene rings is 2. The Kier molecular flexibility index (Phi) is 14.4. The standard InChI is InChI=1S/C37H31N2S2.C18H24GeN.Ir/c1-23(2)29-19-28(25-10-6-5-7-11-25)20-30(24(3)4)36(29)39-34-13-9-8-12-33(34)38-37(39)32-22-41-35-15-14-26(18-31(32)35)27-16-17-40-21-27;1-14(2)11-16-12-18(15-9-7-6-8-10-15)20-13-17(16)19(3,4)5;/h5-21,23-24H,1-4H3;6-9,12-14H,11H2,1-5H3;/q2*-1;. The molecule has 0 unspecified atom stereocenters. The molecule has 0 amide bonds. The van der Waals surface area contributed by atoms with Gasteiger partial charge in [0.25, 0.3) is 0 Å². The van der Waals surface area contributed by atoms with Crippen molar-refractivity contribution in [3.05, 3.63) is 166 Å². The van der Waals surface area contributed by atoms with Gasteiger partial charge in [0.15, 0.2) is 0 Å². The molecule has 0 saturated carbocycles. The van der Waals surface area contributed by atoms with Crippen molar-refractivity contribution < 1.29 is 20.1 Å². The maximum atomic E-state index is 5.30. The van der Waals surface area contributed by atoms with E-state index in [2.05, 4.69) is 195 Å². The second-order valence-corrected chi connectivity index (χ2v) is 30.3. The molecule has 1 radical (unpaired) electrons. The van der Waals surface area contributed by atoms with Gasteiger partial charge in [0, 0.05) is 25.8 Å². The van der Waals surface area contributed by atoms with Gasteiger partial charge in [0.05, 0.1) is 16.9 Å². The number of imidazole rings is 1. The molecule has 9 aromatic rings. The van der Waals surface area contributed by atoms with E-state index < -0.39 is 13.3 Å². The van der Waals surface area contributed by atoms with E-state index in [4.69, 9.17) is 9.97 Å². The quantitative estimate of drug-likeness (QED) is 0.101. The monoisotopic (exact) mass is 1090 g/mol. The first-order valence-electron chi connectivity index (χ1n) is 21.5. The van der Waals surface area contributed by atoms with Gasteiger partial charge in [-0.2, -0.15) is 11.3 Å². The van der Waals surface area contributed by atoms with E-state index in [9.17, 15) is 0 Å². The summed E-state index contributed by atoms with van der Waals surface area (Å²) in [7, 11) is 0. The van der Waals surface area contributed by atoms with Crippen molar-refractivity contribution in [2.75, 3.05) is 0 Å². The summed E-state index contributed by atoms with van der Waals surface area (Å²) in [6.45, 7) is 13.8. The largest absolute Gasteiger partial charge is 0.333 e. The molecule has 4 aromatic heterocycles. The first kappa shape index (κ1) is 45.6. The zero-order chi connectivity index (χ0) is 42.8. The molecule has 0 N–H and O–H groups in total. The molecule has 62 heavy (non-hydrogen) atoms. The minimum atomic E-state index is -1.86. The number of para-hydroxylation sites is 2. The van der Waals surface area contributed by atoms with E-state index >= 15 is 0 Å². The number of hydrogen-bond donors (Lipinski definition) is 0. The Bertz CT molecular complexity index is 2870. The van der Waals surface area contributed by atoms with Crippen LogP contribution in [0.5, 0.6) is 0 Å². The van der Waals surface area contributed by atoms with Crippen LogP contribution in [0.15, 0.2) is 138 Å². The first-order valence-corrected chi connectivity index (χ1v) is 30.6. The molecule has 0 spiro atoms. The Morgan fingerprint density at radius 2 is 1.42 bits per heavy atom. The van der Waals surface area contributed by atoms with Crippen molar-refractivity contribution in [1.29, 1.82) is 0 Å². The van der Waals surface area contributed by atoms with Gasteiger partial charge in [0.1, 0.15) is 0 Å². The topological polar surface area (TPSA) is 30.7 Å². The summed E-state index contributed by atoms with van der Waals surface area (Å²) in [6, 6.07) is 46.7. The number of aromatic nitrogens is 3. The van der Waals surface area contributed by atoms with E-state index in [1.165, 1.54) is 54.7 Å². The molecule has 317 valence electrons. The van der Waals surface area contributed by atoms with Crippen LogP contribution in [-0.2, 0) is 26.5 Å². The molecule has 0 aliphatic carbocycles. The van der Waals surface area contributed by atoms with Crippen molar-refractivity contribution in [2.45, 2.75) is 77.1 Å². The molecule has 0 bridgehead atoms. The average Bonchev–Trinajstić information content (AvgIpc) is 4.03. The summed E-state index contributed by atoms with van der Waals surface area (Å²) in [4.78, 5) is 9.99. The van der Waals surface area contributed by atoms with Crippen molar-refractivity contribution in [3.8, 4) is 50.6 Å². The molecular weight excluding hydrogens is 1030 g/mol. The van der Waals surface area contributed by atoms with Crippen molar-refractivity contribution in [1.82, 2.24) is 14.5 Å². The SMILES string of the molecule is CC(C)Cc1cc(-c2[c-]cccc2)nc[c]1[Ge]([CH3])([CH3])[CH3].CC(C)c1cc(-c2ccccc2)cc(C(C)C)c1-n1c(-c2[c-]sc3ccc(-c4ccsc4)cc23)nc2ccccc21.[Ir]. The third kappa shape index (κ3) is 9.71. The van der Waals surface area contributed by atoms with Crippen LogP contribution in [-0.4, -0.2) is 27.8 Å². The molecule has 0 aliphatic rings. The second-order valence-electron chi connectivity index (χ2n) is 18.1. The van der Waals surface area contributed by atoms with Crippen molar-refractivity contribution >= 4 is 61.5 Å². The van der Waals surface area contributed by atoms with Crippen molar-refractivity contribution in [3.63, 3.8) is 0 Å². The van der Waals surface area contributed by atoms with Gasteiger partial charge in [0.2, 0.25) is 0 Å². The van der Waals surface area contributed by atoms with Gasteiger partial charge in [-0.15, -0.1) is 5.39 Å². The van der Waals surface area contributed by atoms with Crippen LogP contribution < -0.4 is 4.40 Å². The summed E-state index contributed by atoms with van der Waals surface area (Å²) in [5.74, 6) is 9.60. The predicted molar refractivity (Wildman–Crippen MR) is 268 cm³/mol. The molecule has 5 aromatic carbocycles. The summed E-state index contributed by atoms with van der Waals surface area (Å²) < 4.78 is 5.19. The van der Waals surface area contributed by atoms with Crippen LogP contribution in [0.2, 0.25) is 17.3 Å². The van der Waals surface area contributed by atoms with Crippen LogP contribution in [0, 0.1) is 17.4 Å². The van der Waals surface area contributed by atoms with Gasteiger partial charge in [-0.3, -0.25) is 16.3 Å². The van der Waals surface area contributed by atoms with Gasteiger partial charge in [-0.1, -0.05) is 104 Å². The van der Waals surface area contributed by atoms with Crippen LogP contribution in [0.3, 0.4) is 0 Å². The Hall–Kier alpha value is -4.43. The second kappa shape index (κ2) is 19.5. The van der Waals surface area contributed by atoms with Gasteiger partial charge < -0.3 is 4.57 Å². The third-order valence-corrected chi connectivity index (χ3v) is 17.2. The minimum Gasteiger partial charge on any atom is -0.333 e. The summed E-state index contributed by atoms with van der Waals surface area (Å²) in [5.41, 5.74) is 15.7. The Labute approximate surface area is 393 Å². The summed E-state index contributed by atoms with van der Waals surface area (Å²) >= 11 is 1.55. The molecule has 0 fully saturated rings. The molecular formula is C55H55GeIrN3S2-2. The van der Waals surface area contributed by atoms with Gasteiger partial charge in [-0.25, -0.2) is 0 Å². The fourth-order valence-corrected chi connectivity index (χ4v) is 13.1. The molecule has 3 nitrogen and oxygen atoms in total. The number of rotatable bonds is 10. The number of nitrogens with zero attached hydrogens (tertiary/aromatic N) is 3. The number of benzene rings is 5. The number of hydrogen-bond acceptors (Lipinski definition) is 4. The summed E-state index contributed by atoms with van der Waals surface area (Å²) in [5, 5.41) is 9.22. The minimum absolute atomic E-state index is 0. The Morgan fingerprint density at radius 3 is 2.06 bits per heavy atom. The molecule has 4 heterocycles.